The molecule has 74 valence electrons. The predicted octanol–water partition coefficient (Wildman–Crippen LogP) is 3.82. The van der Waals surface area contributed by atoms with E-state index in [1.807, 2.05) is 13.0 Å². The Balaban J connectivity index is 4.70. The summed E-state index contributed by atoms with van der Waals surface area (Å²) in [5, 5.41) is 7.34. The van der Waals surface area contributed by atoms with Crippen molar-refractivity contribution < 1.29 is 0 Å². The first kappa shape index (κ1) is 12.2. The third-order valence-electron chi connectivity index (χ3n) is 2.46. The van der Waals surface area contributed by atoms with Crippen molar-refractivity contribution in [1.82, 2.24) is 0 Å². The number of rotatable bonds is 4. The molecule has 0 saturated heterocycles. The van der Waals surface area contributed by atoms with Gasteiger partial charge in [0, 0.05) is 11.1 Å². The number of allylic oxidation sites excluding steroid dienone is 4. The molecule has 0 fully saturated rings. The Kier molecular flexibility index (Phi) is 4.68. The first-order valence-corrected chi connectivity index (χ1v) is 4.80. The van der Waals surface area contributed by atoms with Gasteiger partial charge in [-0.15, -0.1) is 0 Å². The summed E-state index contributed by atoms with van der Waals surface area (Å²) in [6.45, 7) is 10.4. The van der Waals surface area contributed by atoms with Crippen molar-refractivity contribution in [3.05, 3.63) is 24.3 Å². The van der Waals surface area contributed by atoms with E-state index in [2.05, 4.69) is 39.0 Å². The minimum absolute atomic E-state index is 0.0804. The molecule has 0 heterocycles. The Hall–Kier alpha value is -0.850. The van der Waals surface area contributed by atoms with Gasteiger partial charge in [0.2, 0.25) is 0 Å². The van der Waals surface area contributed by atoms with Gasteiger partial charge in [-0.1, -0.05) is 39.0 Å². The molecular formula is C12H21N. The summed E-state index contributed by atoms with van der Waals surface area (Å²) in [5.41, 5.74) is 0.688. The molecule has 0 radical (unpaired) electrons. The van der Waals surface area contributed by atoms with Gasteiger partial charge in [0.1, 0.15) is 0 Å². The van der Waals surface area contributed by atoms with Crippen LogP contribution in [-0.2, 0) is 0 Å². The summed E-state index contributed by atoms with van der Waals surface area (Å²) in [5.74, 6) is 0.555. The second-order valence-electron chi connectivity index (χ2n) is 4.04. The normalized spacial score (nSPS) is 17.1. The standard InChI is InChI=1S/C12H21N/c1-6-8-12(5,10(2)3)9-7-11(4)13/h6-10,13H,1-5H3/b8-6+,9-7+,13-11?. The summed E-state index contributed by atoms with van der Waals surface area (Å²) in [4.78, 5) is 0. The van der Waals surface area contributed by atoms with Crippen LogP contribution in [0.15, 0.2) is 24.3 Å². The minimum atomic E-state index is 0.0804. The van der Waals surface area contributed by atoms with E-state index in [1.54, 1.807) is 6.92 Å². The van der Waals surface area contributed by atoms with Crippen LogP contribution in [0.1, 0.15) is 34.6 Å². The zero-order chi connectivity index (χ0) is 10.5. The fourth-order valence-corrected chi connectivity index (χ4v) is 1.10. The highest BCUT2D eigenvalue weighted by atomic mass is 14.4. The molecule has 0 spiro atoms. The fourth-order valence-electron chi connectivity index (χ4n) is 1.10. The van der Waals surface area contributed by atoms with Gasteiger partial charge in [0.25, 0.3) is 0 Å². The van der Waals surface area contributed by atoms with E-state index >= 15 is 0 Å². The van der Waals surface area contributed by atoms with E-state index < -0.39 is 0 Å². The van der Waals surface area contributed by atoms with Crippen LogP contribution in [0.3, 0.4) is 0 Å². The van der Waals surface area contributed by atoms with E-state index in [1.165, 1.54) is 0 Å². The van der Waals surface area contributed by atoms with Crippen LogP contribution in [0.5, 0.6) is 0 Å². The van der Waals surface area contributed by atoms with Gasteiger partial charge in [0.05, 0.1) is 0 Å². The molecule has 1 atom stereocenters. The van der Waals surface area contributed by atoms with Gasteiger partial charge in [-0.25, -0.2) is 0 Å². The number of hydrogen-bond acceptors (Lipinski definition) is 1. The lowest BCUT2D eigenvalue weighted by molar-refractivity contribution is 0.383. The Labute approximate surface area is 82.1 Å². The highest BCUT2D eigenvalue weighted by Gasteiger charge is 2.20. The number of hydrogen-bond donors (Lipinski definition) is 1. The topological polar surface area (TPSA) is 23.9 Å². The van der Waals surface area contributed by atoms with Gasteiger partial charge >= 0.3 is 0 Å². The maximum absolute atomic E-state index is 7.34. The van der Waals surface area contributed by atoms with Crippen molar-refractivity contribution in [2.45, 2.75) is 34.6 Å². The molecule has 0 aromatic carbocycles. The molecule has 0 amide bonds. The summed E-state index contributed by atoms with van der Waals surface area (Å²) < 4.78 is 0. The zero-order valence-corrected chi connectivity index (χ0v) is 9.39. The molecule has 1 heteroatoms. The van der Waals surface area contributed by atoms with Crippen molar-refractivity contribution in [3.8, 4) is 0 Å². The Bertz CT molecular complexity index is 223. The van der Waals surface area contributed by atoms with Crippen LogP contribution in [0.4, 0.5) is 0 Å². The van der Waals surface area contributed by atoms with Crippen molar-refractivity contribution in [2.75, 3.05) is 0 Å². The largest absolute Gasteiger partial charge is 0.306 e. The average Bonchev–Trinajstić information content (AvgIpc) is 2.01. The molecule has 0 saturated carbocycles. The monoisotopic (exact) mass is 179 g/mol. The Morgan fingerprint density at radius 2 is 1.85 bits per heavy atom. The zero-order valence-electron chi connectivity index (χ0n) is 9.39. The molecule has 1 N–H and O–H groups in total. The molecule has 0 aliphatic heterocycles. The van der Waals surface area contributed by atoms with E-state index in [4.69, 9.17) is 5.41 Å². The van der Waals surface area contributed by atoms with Crippen LogP contribution in [-0.4, -0.2) is 5.71 Å². The van der Waals surface area contributed by atoms with E-state index in [-0.39, 0.29) is 5.41 Å². The van der Waals surface area contributed by atoms with Gasteiger partial charge in [-0.05, 0) is 25.8 Å². The SMILES string of the molecule is C/C=C/C(C)(/C=C/C(C)=N)C(C)C. The first-order chi connectivity index (χ1) is 5.92. The Morgan fingerprint density at radius 1 is 1.31 bits per heavy atom. The molecule has 0 aromatic rings. The van der Waals surface area contributed by atoms with Crippen LogP contribution >= 0.6 is 0 Å². The quantitative estimate of drug-likeness (QED) is 0.501. The second kappa shape index (κ2) is 5.00. The molecule has 0 bridgehead atoms. The lowest BCUT2D eigenvalue weighted by Gasteiger charge is -2.26. The van der Waals surface area contributed by atoms with Gasteiger partial charge < -0.3 is 5.41 Å². The summed E-state index contributed by atoms with van der Waals surface area (Å²) in [6.07, 6.45) is 8.25. The number of nitrogens with one attached hydrogen (secondary N) is 1. The fraction of sp³-hybridized carbons (Fsp3) is 0.583. The molecule has 0 rings (SSSR count). The third-order valence-corrected chi connectivity index (χ3v) is 2.46. The molecular weight excluding hydrogens is 158 g/mol. The highest BCUT2D eigenvalue weighted by molar-refractivity contribution is 5.89. The van der Waals surface area contributed by atoms with Crippen molar-refractivity contribution >= 4 is 5.71 Å². The molecule has 0 aliphatic rings. The lowest BCUT2D eigenvalue weighted by atomic mass is 9.78. The minimum Gasteiger partial charge on any atom is -0.306 e. The maximum atomic E-state index is 7.34. The molecule has 0 aliphatic carbocycles. The molecule has 1 unspecified atom stereocenters. The first-order valence-electron chi connectivity index (χ1n) is 4.80. The second-order valence-corrected chi connectivity index (χ2v) is 4.04. The van der Waals surface area contributed by atoms with E-state index in [0.717, 1.165) is 0 Å². The maximum Gasteiger partial charge on any atom is 0.0280 e. The lowest BCUT2D eigenvalue weighted by Crippen LogP contribution is -2.17. The van der Waals surface area contributed by atoms with Crippen LogP contribution in [0.25, 0.3) is 0 Å². The van der Waals surface area contributed by atoms with Crippen LogP contribution in [0, 0.1) is 16.7 Å². The average molecular weight is 179 g/mol. The van der Waals surface area contributed by atoms with Crippen molar-refractivity contribution in [1.29, 1.82) is 5.41 Å². The van der Waals surface area contributed by atoms with Gasteiger partial charge in [-0.3, -0.25) is 0 Å². The van der Waals surface area contributed by atoms with Crippen LogP contribution < -0.4 is 0 Å². The summed E-state index contributed by atoms with van der Waals surface area (Å²) in [6, 6.07) is 0. The Morgan fingerprint density at radius 3 is 2.15 bits per heavy atom. The smallest absolute Gasteiger partial charge is 0.0280 e. The van der Waals surface area contributed by atoms with E-state index in [9.17, 15) is 0 Å². The summed E-state index contributed by atoms with van der Waals surface area (Å²) >= 11 is 0. The van der Waals surface area contributed by atoms with Crippen molar-refractivity contribution in [2.24, 2.45) is 11.3 Å². The summed E-state index contributed by atoms with van der Waals surface area (Å²) in [7, 11) is 0. The molecule has 1 nitrogen and oxygen atoms in total. The third kappa shape index (κ3) is 4.07. The van der Waals surface area contributed by atoms with Gasteiger partial charge in [-0.2, -0.15) is 0 Å². The molecule has 13 heavy (non-hydrogen) atoms. The predicted molar refractivity (Wildman–Crippen MR) is 60.3 cm³/mol. The van der Waals surface area contributed by atoms with E-state index in [0.29, 0.717) is 11.6 Å². The highest BCUT2D eigenvalue weighted by Crippen LogP contribution is 2.30. The van der Waals surface area contributed by atoms with Crippen LogP contribution in [0.2, 0.25) is 0 Å². The van der Waals surface area contributed by atoms with Crippen molar-refractivity contribution in [3.63, 3.8) is 0 Å². The van der Waals surface area contributed by atoms with Gasteiger partial charge in [0.15, 0.2) is 0 Å². The molecule has 0 aromatic heterocycles.